The van der Waals surface area contributed by atoms with Crippen LogP contribution in [-0.2, 0) is 4.74 Å². The van der Waals surface area contributed by atoms with Crippen molar-refractivity contribution < 1.29 is 23.4 Å². The van der Waals surface area contributed by atoms with Gasteiger partial charge in [-0.05, 0) is 42.8 Å². The first-order chi connectivity index (χ1) is 10.6. The number of hydrogen-bond donors (Lipinski definition) is 0. The molecule has 0 aromatic heterocycles. The van der Waals surface area contributed by atoms with E-state index in [0.717, 1.165) is 5.56 Å². The molecule has 4 nitrogen and oxygen atoms in total. The molecule has 1 aliphatic rings. The summed E-state index contributed by atoms with van der Waals surface area (Å²) in [4.78, 5) is 12.2. The number of hydrogen-bond acceptors (Lipinski definition) is 4. The Bertz CT molecular complexity index is 682. The molecule has 1 atom stereocenters. The number of halogens is 1. The lowest BCUT2D eigenvalue weighted by Gasteiger charge is -2.19. The van der Waals surface area contributed by atoms with Crippen LogP contribution >= 0.6 is 0 Å². The van der Waals surface area contributed by atoms with Crippen molar-refractivity contribution in [3.63, 3.8) is 0 Å². The molecule has 2 aromatic carbocycles. The van der Waals surface area contributed by atoms with Gasteiger partial charge in [0.25, 0.3) is 0 Å². The highest BCUT2D eigenvalue weighted by Crippen LogP contribution is 2.31. The van der Waals surface area contributed by atoms with Gasteiger partial charge in [-0.25, -0.2) is 9.18 Å². The average molecular weight is 302 g/mol. The Kier molecular flexibility index (Phi) is 3.96. The van der Waals surface area contributed by atoms with Crippen LogP contribution in [-0.4, -0.2) is 19.2 Å². The average Bonchev–Trinajstić information content (AvgIpc) is 2.55. The summed E-state index contributed by atoms with van der Waals surface area (Å²) < 4.78 is 29.1. The van der Waals surface area contributed by atoms with Gasteiger partial charge in [0.15, 0.2) is 11.5 Å². The number of carbonyl (C=O) groups is 1. The number of fused-ring (bicyclic) bond motifs is 1. The molecule has 1 aliphatic heterocycles. The summed E-state index contributed by atoms with van der Waals surface area (Å²) in [6.45, 7) is 2.69. The van der Waals surface area contributed by atoms with Crippen LogP contribution in [0.1, 0.15) is 28.9 Å². The fourth-order valence-corrected chi connectivity index (χ4v) is 2.20. The molecule has 2 aromatic rings. The molecule has 0 radical (unpaired) electrons. The highest BCUT2D eigenvalue weighted by Gasteiger charge is 2.18. The number of carbonyl (C=O) groups excluding carboxylic acids is 1. The molecule has 0 spiro atoms. The third kappa shape index (κ3) is 3.03. The largest absolute Gasteiger partial charge is 0.486 e. The normalized spacial score (nSPS) is 14.3. The van der Waals surface area contributed by atoms with Crippen molar-refractivity contribution in [3.8, 4) is 11.5 Å². The van der Waals surface area contributed by atoms with Gasteiger partial charge in [-0.3, -0.25) is 0 Å². The number of esters is 1. The van der Waals surface area contributed by atoms with Crippen LogP contribution in [0.15, 0.2) is 42.5 Å². The Labute approximate surface area is 127 Å². The molecule has 0 bridgehead atoms. The highest BCUT2D eigenvalue weighted by molar-refractivity contribution is 5.90. The Balaban J connectivity index is 1.72. The highest BCUT2D eigenvalue weighted by atomic mass is 19.1. The molecule has 0 fully saturated rings. The molecule has 0 saturated carbocycles. The van der Waals surface area contributed by atoms with E-state index in [9.17, 15) is 9.18 Å². The lowest BCUT2D eigenvalue weighted by atomic mass is 10.1. The van der Waals surface area contributed by atoms with E-state index in [1.165, 1.54) is 12.1 Å². The number of ether oxygens (including phenoxy) is 3. The topological polar surface area (TPSA) is 44.8 Å². The minimum Gasteiger partial charge on any atom is -0.486 e. The van der Waals surface area contributed by atoms with Gasteiger partial charge in [0, 0.05) is 0 Å². The fraction of sp³-hybridized carbons (Fsp3) is 0.235. The van der Waals surface area contributed by atoms with Crippen molar-refractivity contribution >= 4 is 5.97 Å². The van der Waals surface area contributed by atoms with Gasteiger partial charge >= 0.3 is 5.97 Å². The van der Waals surface area contributed by atoms with Crippen LogP contribution in [0.3, 0.4) is 0 Å². The van der Waals surface area contributed by atoms with E-state index in [1.54, 1.807) is 37.3 Å². The molecule has 1 heterocycles. The minimum atomic E-state index is -0.471. The summed E-state index contributed by atoms with van der Waals surface area (Å²) in [5.74, 6) is 0.368. The third-order valence-electron chi connectivity index (χ3n) is 3.40. The van der Waals surface area contributed by atoms with Crippen molar-refractivity contribution in [2.24, 2.45) is 0 Å². The predicted molar refractivity (Wildman–Crippen MR) is 77.7 cm³/mol. The third-order valence-corrected chi connectivity index (χ3v) is 3.40. The lowest BCUT2D eigenvalue weighted by molar-refractivity contribution is 0.0337. The first-order valence-corrected chi connectivity index (χ1v) is 6.99. The van der Waals surface area contributed by atoms with Gasteiger partial charge < -0.3 is 14.2 Å². The second kappa shape index (κ2) is 6.05. The predicted octanol–water partition coefficient (Wildman–Crippen LogP) is 3.51. The van der Waals surface area contributed by atoms with Gasteiger partial charge in [-0.1, -0.05) is 12.1 Å². The van der Waals surface area contributed by atoms with E-state index >= 15 is 0 Å². The van der Waals surface area contributed by atoms with E-state index in [2.05, 4.69) is 0 Å². The van der Waals surface area contributed by atoms with Crippen molar-refractivity contribution in [2.45, 2.75) is 13.0 Å². The summed E-state index contributed by atoms with van der Waals surface area (Å²) in [7, 11) is 0. The molecule has 0 saturated heterocycles. The first-order valence-electron chi connectivity index (χ1n) is 6.99. The van der Waals surface area contributed by atoms with Gasteiger partial charge in [-0.15, -0.1) is 0 Å². The summed E-state index contributed by atoms with van der Waals surface area (Å²) in [5, 5.41) is 0. The molecule has 1 unspecified atom stereocenters. The molecule has 5 heteroatoms. The quantitative estimate of drug-likeness (QED) is 0.814. The maximum Gasteiger partial charge on any atom is 0.338 e. The van der Waals surface area contributed by atoms with Crippen LogP contribution in [0.2, 0.25) is 0 Å². The van der Waals surface area contributed by atoms with Crippen LogP contribution < -0.4 is 9.47 Å². The van der Waals surface area contributed by atoms with Gasteiger partial charge in [-0.2, -0.15) is 0 Å². The molecule has 114 valence electrons. The van der Waals surface area contributed by atoms with E-state index < -0.39 is 12.1 Å². The molecule has 0 aliphatic carbocycles. The molecule has 22 heavy (non-hydrogen) atoms. The van der Waals surface area contributed by atoms with Crippen molar-refractivity contribution in [1.82, 2.24) is 0 Å². The van der Waals surface area contributed by atoms with Gasteiger partial charge in [0.1, 0.15) is 25.1 Å². The summed E-state index contributed by atoms with van der Waals surface area (Å²) in [5.41, 5.74) is 1.12. The zero-order valence-corrected chi connectivity index (χ0v) is 12.0. The zero-order valence-electron chi connectivity index (χ0n) is 12.0. The van der Waals surface area contributed by atoms with Crippen molar-refractivity contribution in [1.29, 1.82) is 0 Å². The Morgan fingerprint density at radius 3 is 2.50 bits per heavy atom. The molecule has 0 amide bonds. The Morgan fingerprint density at radius 2 is 1.77 bits per heavy atom. The second-order valence-corrected chi connectivity index (χ2v) is 4.96. The standard InChI is InChI=1S/C17H15FO4/c1-11(12-2-5-14(18)6-3-12)22-17(19)13-4-7-15-16(10-13)21-9-8-20-15/h2-7,10-11H,8-9H2,1H3. The lowest BCUT2D eigenvalue weighted by Crippen LogP contribution is -2.16. The summed E-state index contributed by atoms with van der Waals surface area (Å²) in [6, 6.07) is 10.8. The van der Waals surface area contributed by atoms with Gasteiger partial charge in [0.05, 0.1) is 5.56 Å². The van der Waals surface area contributed by atoms with Crippen molar-refractivity contribution in [2.75, 3.05) is 13.2 Å². The van der Waals surface area contributed by atoms with E-state index in [1.807, 2.05) is 0 Å². The Morgan fingerprint density at radius 1 is 1.09 bits per heavy atom. The van der Waals surface area contributed by atoms with Gasteiger partial charge in [0.2, 0.25) is 0 Å². The minimum absolute atomic E-state index is 0.325. The molecular formula is C17H15FO4. The smallest absolute Gasteiger partial charge is 0.338 e. The maximum atomic E-state index is 12.9. The van der Waals surface area contributed by atoms with Crippen LogP contribution in [0.5, 0.6) is 11.5 Å². The maximum absolute atomic E-state index is 12.9. The molecular weight excluding hydrogens is 287 g/mol. The zero-order chi connectivity index (χ0) is 15.5. The Hall–Kier alpha value is -2.56. The monoisotopic (exact) mass is 302 g/mol. The summed E-state index contributed by atoms with van der Waals surface area (Å²) >= 11 is 0. The number of benzene rings is 2. The summed E-state index contributed by atoms with van der Waals surface area (Å²) in [6.07, 6.45) is -0.471. The first kappa shape index (κ1) is 14.4. The SMILES string of the molecule is CC(OC(=O)c1ccc2c(c1)OCCO2)c1ccc(F)cc1. The van der Waals surface area contributed by atoms with E-state index in [0.29, 0.717) is 30.3 Å². The molecule has 0 N–H and O–H groups in total. The number of rotatable bonds is 3. The van der Waals surface area contributed by atoms with E-state index in [-0.39, 0.29) is 5.82 Å². The van der Waals surface area contributed by atoms with Crippen LogP contribution in [0.25, 0.3) is 0 Å². The van der Waals surface area contributed by atoms with Crippen LogP contribution in [0.4, 0.5) is 4.39 Å². The second-order valence-electron chi connectivity index (χ2n) is 4.96. The fourth-order valence-electron chi connectivity index (χ4n) is 2.20. The van der Waals surface area contributed by atoms with Crippen LogP contribution in [0, 0.1) is 5.82 Å². The molecule has 3 rings (SSSR count). The van der Waals surface area contributed by atoms with Crippen molar-refractivity contribution in [3.05, 3.63) is 59.4 Å². The van der Waals surface area contributed by atoms with E-state index in [4.69, 9.17) is 14.2 Å².